The van der Waals surface area contributed by atoms with Crippen LogP contribution < -0.4 is 5.73 Å². The molecule has 2 rings (SSSR count). The Kier molecular flexibility index (Phi) is 2.31. The van der Waals surface area contributed by atoms with Gasteiger partial charge in [0, 0.05) is 4.47 Å². The SMILES string of the molecule is NC(=O)c1cc(Br)c(C2CC2)cc1F. The number of hydrogen-bond donors (Lipinski definition) is 1. The standard InChI is InChI=1S/C10H9BrFNO/c11-8-3-7(10(13)14)9(12)4-6(8)5-1-2-5/h3-5H,1-2H2,(H2,13,14). The van der Waals surface area contributed by atoms with Crippen molar-refractivity contribution in [3.8, 4) is 0 Å². The minimum Gasteiger partial charge on any atom is -0.366 e. The van der Waals surface area contributed by atoms with Gasteiger partial charge in [-0.05, 0) is 36.5 Å². The number of hydrogen-bond acceptors (Lipinski definition) is 1. The van der Waals surface area contributed by atoms with Crippen LogP contribution in [0.4, 0.5) is 4.39 Å². The molecule has 1 aromatic rings. The first-order valence-electron chi connectivity index (χ1n) is 4.38. The van der Waals surface area contributed by atoms with E-state index in [1.165, 1.54) is 12.1 Å². The van der Waals surface area contributed by atoms with Crippen LogP contribution in [0.5, 0.6) is 0 Å². The van der Waals surface area contributed by atoms with Crippen molar-refractivity contribution in [1.29, 1.82) is 0 Å². The number of benzene rings is 1. The average molecular weight is 258 g/mol. The highest BCUT2D eigenvalue weighted by Crippen LogP contribution is 2.43. The number of primary amides is 1. The van der Waals surface area contributed by atoms with Gasteiger partial charge in [-0.25, -0.2) is 4.39 Å². The molecule has 0 saturated heterocycles. The maximum Gasteiger partial charge on any atom is 0.251 e. The van der Waals surface area contributed by atoms with Crippen molar-refractivity contribution in [1.82, 2.24) is 0 Å². The summed E-state index contributed by atoms with van der Waals surface area (Å²) < 4.78 is 14.1. The third kappa shape index (κ3) is 1.66. The highest BCUT2D eigenvalue weighted by Gasteiger charge is 2.27. The van der Waals surface area contributed by atoms with Crippen LogP contribution in [0.25, 0.3) is 0 Å². The maximum atomic E-state index is 13.3. The Hall–Kier alpha value is -0.900. The molecule has 0 spiro atoms. The fourth-order valence-corrected chi connectivity index (χ4v) is 2.13. The van der Waals surface area contributed by atoms with E-state index < -0.39 is 11.7 Å². The van der Waals surface area contributed by atoms with Crippen LogP contribution in [0, 0.1) is 5.82 Å². The smallest absolute Gasteiger partial charge is 0.251 e. The summed E-state index contributed by atoms with van der Waals surface area (Å²) in [6.45, 7) is 0. The first-order valence-corrected chi connectivity index (χ1v) is 5.17. The van der Waals surface area contributed by atoms with Gasteiger partial charge in [-0.2, -0.15) is 0 Å². The Morgan fingerprint density at radius 2 is 2.14 bits per heavy atom. The van der Waals surface area contributed by atoms with Gasteiger partial charge in [0.1, 0.15) is 5.82 Å². The topological polar surface area (TPSA) is 43.1 Å². The van der Waals surface area contributed by atoms with Crippen LogP contribution >= 0.6 is 15.9 Å². The van der Waals surface area contributed by atoms with Gasteiger partial charge < -0.3 is 5.73 Å². The Labute approximate surface area is 89.4 Å². The summed E-state index contributed by atoms with van der Waals surface area (Å²) >= 11 is 3.32. The van der Waals surface area contributed by atoms with Crippen molar-refractivity contribution < 1.29 is 9.18 Å². The minimum absolute atomic E-state index is 0.0544. The number of carbonyl (C=O) groups excluding carboxylic acids is 1. The normalized spacial score (nSPS) is 15.6. The lowest BCUT2D eigenvalue weighted by atomic mass is 10.1. The van der Waals surface area contributed by atoms with Crippen molar-refractivity contribution in [3.63, 3.8) is 0 Å². The fraction of sp³-hybridized carbons (Fsp3) is 0.300. The molecule has 1 fully saturated rings. The highest BCUT2D eigenvalue weighted by molar-refractivity contribution is 9.10. The average Bonchev–Trinajstić information content (AvgIpc) is 2.91. The third-order valence-corrected chi connectivity index (χ3v) is 3.06. The van der Waals surface area contributed by atoms with E-state index in [2.05, 4.69) is 15.9 Å². The zero-order valence-electron chi connectivity index (χ0n) is 7.39. The zero-order valence-corrected chi connectivity index (χ0v) is 8.97. The molecule has 1 saturated carbocycles. The molecule has 1 aromatic carbocycles. The lowest BCUT2D eigenvalue weighted by Gasteiger charge is -2.05. The fourth-order valence-electron chi connectivity index (χ4n) is 1.46. The predicted octanol–water partition coefficient (Wildman–Crippen LogP) is 2.56. The molecule has 0 aromatic heterocycles. The second-order valence-corrected chi connectivity index (χ2v) is 4.35. The summed E-state index contributed by atoms with van der Waals surface area (Å²) in [6, 6.07) is 2.87. The number of carbonyl (C=O) groups is 1. The van der Waals surface area contributed by atoms with Gasteiger partial charge in [0.15, 0.2) is 0 Å². The van der Waals surface area contributed by atoms with E-state index in [1.54, 1.807) is 0 Å². The third-order valence-electron chi connectivity index (χ3n) is 2.37. The molecule has 0 heterocycles. The van der Waals surface area contributed by atoms with E-state index in [-0.39, 0.29) is 5.56 Å². The Morgan fingerprint density at radius 1 is 1.50 bits per heavy atom. The van der Waals surface area contributed by atoms with E-state index in [1.807, 2.05) is 0 Å². The Balaban J connectivity index is 2.48. The molecule has 2 nitrogen and oxygen atoms in total. The molecule has 0 unspecified atom stereocenters. The van der Waals surface area contributed by atoms with Crippen molar-refractivity contribution in [2.24, 2.45) is 5.73 Å². The molecule has 0 atom stereocenters. The molecule has 0 bridgehead atoms. The number of nitrogens with two attached hydrogens (primary N) is 1. The van der Waals surface area contributed by atoms with E-state index in [4.69, 9.17) is 5.73 Å². The molecule has 14 heavy (non-hydrogen) atoms. The Bertz CT molecular complexity index is 401. The van der Waals surface area contributed by atoms with Crippen LogP contribution in [0.3, 0.4) is 0 Å². The van der Waals surface area contributed by atoms with Gasteiger partial charge >= 0.3 is 0 Å². The summed E-state index contributed by atoms with van der Waals surface area (Å²) in [6.07, 6.45) is 2.18. The lowest BCUT2D eigenvalue weighted by molar-refractivity contribution is 0.0996. The van der Waals surface area contributed by atoms with Crippen molar-refractivity contribution in [2.75, 3.05) is 0 Å². The van der Waals surface area contributed by atoms with Crippen molar-refractivity contribution in [3.05, 3.63) is 33.5 Å². The van der Waals surface area contributed by atoms with E-state index in [0.29, 0.717) is 5.92 Å². The van der Waals surface area contributed by atoms with Gasteiger partial charge in [-0.1, -0.05) is 15.9 Å². The van der Waals surface area contributed by atoms with Crippen LogP contribution in [-0.2, 0) is 0 Å². The number of halogens is 2. The molecular weight excluding hydrogens is 249 g/mol. The molecule has 0 radical (unpaired) electrons. The largest absolute Gasteiger partial charge is 0.366 e. The predicted molar refractivity (Wildman–Crippen MR) is 54.6 cm³/mol. The van der Waals surface area contributed by atoms with Crippen molar-refractivity contribution in [2.45, 2.75) is 18.8 Å². The van der Waals surface area contributed by atoms with Gasteiger partial charge in [0.25, 0.3) is 5.91 Å². The van der Waals surface area contributed by atoms with Gasteiger partial charge in [-0.3, -0.25) is 4.79 Å². The molecule has 74 valence electrons. The van der Waals surface area contributed by atoms with Crippen LogP contribution in [0.1, 0.15) is 34.7 Å². The van der Waals surface area contributed by atoms with Crippen LogP contribution in [-0.4, -0.2) is 5.91 Å². The van der Waals surface area contributed by atoms with Gasteiger partial charge in [0.2, 0.25) is 0 Å². The summed E-state index contributed by atoms with van der Waals surface area (Å²) in [5.41, 5.74) is 5.91. The van der Waals surface area contributed by atoms with Crippen LogP contribution in [0.15, 0.2) is 16.6 Å². The van der Waals surface area contributed by atoms with E-state index in [9.17, 15) is 9.18 Å². The van der Waals surface area contributed by atoms with E-state index >= 15 is 0 Å². The maximum absolute atomic E-state index is 13.3. The summed E-state index contributed by atoms with van der Waals surface area (Å²) in [5, 5.41) is 0. The van der Waals surface area contributed by atoms with Crippen LogP contribution in [0.2, 0.25) is 0 Å². The lowest BCUT2D eigenvalue weighted by Crippen LogP contribution is -2.13. The Morgan fingerprint density at radius 3 is 2.64 bits per heavy atom. The summed E-state index contributed by atoms with van der Waals surface area (Å²) in [7, 11) is 0. The number of amides is 1. The van der Waals surface area contributed by atoms with Gasteiger partial charge in [-0.15, -0.1) is 0 Å². The first kappa shape index (κ1) is 9.65. The number of rotatable bonds is 2. The molecule has 2 N–H and O–H groups in total. The molecule has 1 aliphatic carbocycles. The molecule has 1 aliphatic rings. The van der Waals surface area contributed by atoms with Crippen molar-refractivity contribution >= 4 is 21.8 Å². The molecule has 4 heteroatoms. The summed E-state index contributed by atoms with van der Waals surface area (Å²) in [5.74, 6) is -0.811. The monoisotopic (exact) mass is 257 g/mol. The highest BCUT2D eigenvalue weighted by atomic mass is 79.9. The second-order valence-electron chi connectivity index (χ2n) is 3.49. The molecular formula is C10H9BrFNO. The summed E-state index contributed by atoms with van der Waals surface area (Å²) in [4.78, 5) is 10.8. The zero-order chi connectivity index (χ0) is 10.3. The van der Waals surface area contributed by atoms with Gasteiger partial charge in [0.05, 0.1) is 5.56 Å². The van der Waals surface area contributed by atoms with E-state index in [0.717, 1.165) is 22.9 Å². The molecule has 0 aliphatic heterocycles. The molecule has 1 amide bonds. The quantitative estimate of drug-likeness (QED) is 0.870. The first-order chi connectivity index (χ1) is 6.59. The minimum atomic E-state index is -0.731. The second kappa shape index (κ2) is 3.35.